The molecule has 2 aromatic carbocycles. The smallest absolute Gasteiger partial charge is 0.234 e. The number of benzene rings is 2. The van der Waals surface area contributed by atoms with Crippen LogP contribution in [0.15, 0.2) is 59.8 Å². The Labute approximate surface area is 163 Å². The highest BCUT2D eigenvalue weighted by Gasteiger charge is 2.28. The van der Waals surface area contributed by atoms with Crippen molar-refractivity contribution in [1.82, 2.24) is 14.8 Å². The van der Waals surface area contributed by atoms with Crippen LogP contribution in [0.5, 0.6) is 0 Å². The van der Waals surface area contributed by atoms with Crippen LogP contribution in [0, 0.1) is 6.92 Å². The van der Waals surface area contributed by atoms with Gasteiger partial charge in [0.25, 0.3) is 0 Å². The van der Waals surface area contributed by atoms with Crippen molar-refractivity contribution in [2.24, 2.45) is 0 Å². The topological polar surface area (TPSA) is 59.8 Å². The number of para-hydroxylation sites is 1. The van der Waals surface area contributed by atoms with Gasteiger partial charge in [0.15, 0.2) is 5.16 Å². The van der Waals surface area contributed by atoms with Gasteiger partial charge in [-0.05, 0) is 43.4 Å². The first-order valence-electron chi connectivity index (χ1n) is 9.16. The molecule has 0 radical (unpaired) electrons. The fraction of sp³-hybridized carbons (Fsp3) is 0.286. The molecular weight excluding hydrogens is 356 g/mol. The van der Waals surface area contributed by atoms with Crippen LogP contribution in [-0.2, 0) is 11.2 Å². The molecule has 4 rings (SSSR count). The number of aromatic nitrogens is 3. The zero-order chi connectivity index (χ0) is 18.6. The summed E-state index contributed by atoms with van der Waals surface area (Å²) in [5.41, 5.74) is 3.20. The molecule has 1 saturated carbocycles. The molecule has 1 aromatic heterocycles. The summed E-state index contributed by atoms with van der Waals surface area (Å²) < 4.78 is 2.15. The van der Waals surface area contributed by atoms with Gasteiger partial charge < -0.3 is 9.88 Å². The molecule has 1 aliphatic rings. The predicted octanol–water partition coefficient (Wildman–Crippen LogP) is 4.24. The number of hydrogen-bond acceptors (Lipinski definition) is 4. The van der Waals surface area contributed by atoms with E-state index in [1.54, 1.807) is 0 Å². The van der Waals surface area contributed by atoms with E-state index in [1.807, 2.05) is 43.3 Å². The van der Waals surface area contributed by atoms with Gasteiger partial charge in [-0.1, -0.05) is 60.3 Å². The Balaban J connectivity index is 1.40. The summed E-state index contributed by atoms with van der Waals surface area (Å²) in [6.07, 6.45) is 3.14. The van der Waals surface area contributed by atoms with E-state index < -0.39 is 0 Å². The molecule has 1 N–H and O–H groups in total. The molecule has 0 aliphatic heterocycles. The van der Waals surface area contributed by atoms with Crippen molar-refractivity contribution in [3.63, 3.8) is 0 Å². The maximum absolute atomic E-state index is 12.5. The fourth-order valence-electron chi connectivity index (χ4n) is 3.13. The monoisotopic (exact) mass is 378 g/mol. The minimum atomic E-state index is -0.0245. The highest BCUT2D eigenvalue weighted by atomic mass is 32.2. The molecule has 0 saturated heterocycles. The molecule has 0 spiro atoms. The first kappa shape index (κ1) is 17.8. The molecule has 1 fully saturated rings. The van der Waals surface area contributed by atoms with E-state index in [1.165, 1.54) is 30.2 Å². The lowest BCUT2D eigenvalue weighted by Gasteiger charge is -2.11. The number of anilines is 1. The third kappa shape index (κ3) is 4.39. The summed E-state index contributed by atoms with van der Waals surface area (Å²) in [6.45, 7) is 1.97. The second-order valence-electron chi connectivity index (χ2n) is 6.79. The molecule has 3 aromatic rings. The lowest BCUT2D eigenvalue weighted by Crippen LogP contribution is -2.16. The van der Waals surface area contributed by atoms with E-state index in [0.717, 1.165) is 28.7 Å². The number of amides is 1. The summed E-state index contributed by atoms with van der Waals surface area (Å²) in [4.78, 5) is 12.5. The van der Waals surface area contributed by atoms with Crippen molar-refractivity contribution in [2.45, 2.75) is 37.4 Å². The Kier molecular flexibility index (Phi) is 5.25. The number of carbonyl (C=O) groups is 1. The molecule has 6 heteroatoms. The lowest BCUT2D eigenvalue weighted by molar-refractivity contribution is -0.113. The van der Waals surface area contributed by atoms with Gasteiger partial charge in [0, 0.05) is 11.7 Å². The molecule has 0 unspecified atom stereocenters. The minimum Gasteiger partial charge on any atom is -0.325 e. The number of thioether (sulfide) groups is 1. The highest BCUT2D eigenvalue weighted by Crippen LogP contribution is 2.38. The quantitative estimate of drug-likeness (QED) is 0.625. The van der Waals surface area contributed by atoms with Crippen molar-refractivity contribution in [1.29, 1.82) is 0 Å². The van der Waals surface area contributed by atoms with Gasteiger partial charge in [0.2, 0.25) is 5.91 Å². The van der Waals surface area contributed by atoms with E-state index in [4.69, 9.17) is 0 Å². The number of carbonyl (C=O) groups excluding carboxylic acids is 1. The first-order chi connectivity index (χ1) is 13.2. The Morgan fingerprint density at radius 1 is 1.11 bits per heavy atom. The largest absolute Gasteiger partial charge is 0.325 e. The number of rotatable bonds is 7. The first-order valence-corrected chi connectivity index (χ1v) is 10.2. The molecule has 0 atom stereocenters. The number of hydrogen-bond donors (Lipinski definition) is 1. The Morgan fingerprint density at radius 3 is 2.63 bits per heavy atom. The Bertz CT molecular complexity index is 934. The zero-order valence-electron chi connectivity index (χ0n) is 15.3. The molecule has 1 amide bonds. The molecule has 5 nitrogen and oxygen atoms in total. The number of nitrogens with zero attached hydrogens (tertiary/aromatic N) is 3. The standard InChI is InChI=1S/C21H22N4OS/c1-15-23-24-21(25(15)18-11-12-18)27-14-20(26)22-19-10-6-5-9-17(19)13-16-7-3-2-4-8-16/h2-10,18H,11-14H2,1H3,(H,22,26). The summed E-state index contributed by atoms with van der Waals surface area (Å²) in [6, 6.07) is 18.8. The van der Waals surface area contributed by atoms with Crippen LogP contribution in [0.25, 0.3) is 0 Å². The van der Waals surface area contributed by atoms with Gasteiger partial charge in [-0.25, -0.2) is 0 Å². The molecule has 138 valence electrons. The van der Waals surface area contributed by atoms with E-state index >= 15 is 0 Å². The number of nitrogens with one attached hydrogen (secondary N) is 1. The van der Waals surface area contributed by atoms with Gasteiger partial charge in [-0.3, -0.25) is 4.79 Å². The second-order valence-corrected chi connectivity index (χ2v) is 7.73. The van der Waals surface area contributed by atoms with Gasteiger partial charge in [0.05, 0.1) is 5.75 Å². The molecule has 27 heavy (non-hydrogen) atoms. The van der Waals surface area contributed by atoms with Crippen molar-refractivity contribution in [3.05, 3.63) is 71.5 Å². The van der Waals surface area contributed by atoms with Crippen LogP contribution in [0.3, 0.4) is 0 Å². The van der Waals surface area contributed by atoms with Crippen molar-refractivity contribution in [2.75, 3.05) is 11.1 Å². The number of aryl methyl sites for hydroxylation is 1. The van der Waals surface area contributed by atoms with E-state index in [2.05, 4.69) is 38.3 Å². The molecule has 0 bridgehead atoms. The van der Waals surface area contributed by atoms with Crippen LogP contribution in [0.4, 0.5) is 5.69 Å². The van der Waals surface area contributed by atoms with Crippen LogP contribution in [0.1, 0.15) is 35.8 Å². The average molecular weight is 379 g/mol. The average Bonchev–Trinajstić information content (AvgIpc) is 3.45. The zero-order valence-corrected chi connectivity index (χ0v) is 16.1. The third-order valence-electron chi connectivity index (χ3n) is 4.61. The van der Waals surface area contributed by atoms with Gasteiger partial charge in [-0.15, -0.1) is 10.2 Å². The minimum absolute atomic E-state index is 0.0245. The lowest BCUT2D eigenvalue weighted by atomic mass is 10.0. The highest BCUT2D eigenvalue weighted by molar-refractivity contribution is 7.99. The summed E-state index contributed by atoms with van der Waals surface area (Å²) >= 11 is 1.45. The summed E-state index contributed by atoms with van der Waals surface area (Å²) in [5.74, 6) is 1.22. The fourth-order valence-corrected chi connectivity index (χ4v) is 3.98. The van der Waals surface area contributed by atoms with Crippen LogP contribution in [-0.4, -0.2) is 26.4 Å². The molecule has 1 heterocycles. The SMILES string of the molecule is Cc1nnc(SCC(=O)Nc2ccccc2Cc2ccccc2)n1C1CC1. The van der Waals surface area contributed by atoms with Crippen molar-refractivity contribution < 1.29 is 4.79 Å². The Morgan fingerprint density at radius 2 is 1.85 bits per heavy atom. The maximum Gasteiger partial charge on any atom is 0.234 e. The predicted molar refractivity (Wildman–Crippen MR) is 108 cm³/mol. The van der Waals surface area contributed by atoms with Crippen molar-refractivity contribution >= 4 is 23.4 Å². The van der Waals surface area contributed by atoms with Gasteiger partial charge >= 0.3 is 0 Å². The van der Waals surface area contributed by atoms with E-state index in [9.17, 15) is 4.79 Å². The van der Waals surface area contributed by atoms with Crippen LogP contribution < -0.4 is 5.32 Å². The van der Waals surface area contributed by atoms with Gasteiger partial charge in [-0.2, -0.15) is 0 Å². The van der Waals surface area contributed by atoms with Crippen LogP contribution in [0.2, 0.25) is 0 Å². The molecular formula is C21H22N4OS. The molecule has 1 aliphatic carbocycles. The summed E-state index contributed by atoms with van der Waals surface area (Å²) in [5, 5.41) is 12.3. The van der Waals surface area contributed by atoms with E-state index in [0.29, 0.717) is 11.8 Å². The van der Waals surface area contributed by atoms with Gasteiger partial charge in [0.1, 0.15) is 5.82 Å². The Hall–Kier alpha value is -2.60. The van der Waals surface area contributed by atoms with E-state index in [-0.39, 0.29) is 5.91 Å². The normalized spacial score (nSPS) is 13.5. The third-order valence-corrected chi connectivity index (χ3v) is 5.55. The van der Waals surface area contributed by atoms with Crippen LogP contribution >= 0.6 is 11.8 Å². The second kappa shape index (κ2) is 7.96. The maximum atomic E-state index is 12.5. The summed E-state index contributed by atoms with van der Waals surface area (Å²) in [7, 11) is 0. The van der Waals surface area contributed by atoms with Crippen molar-refractivity contribution in [3.8, 4) is 0 Å².